The van der Waals surface area contributed by atoms with Crippen molar-refractivity contribution in [3.05, 3.63) is 65.7 Å². The fourth-order valence-corrected chi connectivity index (χ4v) is 2.39. The minimum atomic E-state index is 0. The summed E-state index contributed by atoms with van der Waals surface area (Å²) in [6, 6.07) is 19.6. The summed E-state index contributed by atoms with van der Waals surface area (Å²) in [6.45, 7) is 4.35. The zero-order valence-corrected chi connectivity index (χ0v) is 12.3. The van der Waals surface area contributed by atoms with E-state index in [1.165, 1.54) is 33.0 Å². The van der Waals surface area contributed by atoms with Crippen molar-refractivity contribution < 1.29 is 21.7 Å². The molecule has 0 aliphatic carbocycles. The second-order valence-electron chi connectivity index (χ2n) is 4.64. The van der Waals surface area contributed by atoms with E-state index in [1.54, 1.807) is 0 Å². The van der Waals surface area contributed by atoms with Crippen LogP contribution in [-0.4, -0.2) is 0 Å². The number of hydrogen-bond donors (Lipinski definition) is 0. The molecular weight excluding hydrogens is 252 g/mol. The molecule has 0 nitrogen and oxygen atoms in total. The van der Waals surface area contributed by atoms with Crippen LogP contribution in [0.4, 0.5) is 0 Å². The fourth-order valence-electron chi connectivity index (χ4n) is 2.39. The molecule has 0 aliphatic rings. The Bertz CT molecular complexity index is 624. The summed E-state index contributed by atoms with van der Waals surface area (Å²) in [4.78, 5) is 0. The molecule has 88 valence electrons. The average molecular weight is 267 g/mol. The number of rotatable bonds is 1. The first-order valence-corrected chi connectivity index (χ1v) is 5.98. The summed E-state index contributed by atoms with van der Waals surface area (Å²) in [5.74, 6) is 0. The van der Waals surface area contributed by atoms with Gasteiger partial charge < -0.3 is 0 Å². The first kappa shape index (κ1) is 13.2. The van der Waals surface area contributed by atoms with Crippen molar-refractivity contribution >= 4 is 10.8 Å². The van der Waals surface area contributed by atoms with Gasteiger partial charge in [0.2, 0.25) is 0 Å². The van der Waals surface area contributed by atoms with Crippen LogP contribution in [0.5, 0.6) is 0 Å². The van der Waals surface area contributed by atoms with E-state index in [4.69, 9.17) is 0 Å². The van der Waals surface area contributed by atoms with Gasteiger partial charge in [-0.15, -0.1) is 34.0 Å². The van der Waals surface area contributed by atoms with Gasteiger partial charge in [-0.1, -0.05) is 60.5 Å². The molecule has 0 saturated heterocycles. The van der Waals surface area contributed by atoms with Gasteiger partial charge in [0.1, 0.15) is 0 Å². The Morgan fingerprint density at radius 2 is 1.50 bits per heavy atom. The Kier molecular flexibility index (Phi) is 3.80. The molecule has 0 bridgehead atoms. The van der Waals surface area contributed by atoms with Gasteiger partial charge in [0.05, 0.1) is 0 Å². The number of aryl methyl sites for hydroxylation is 2. The van der Waals surface area contributed by atoms with Crippen LogP contribution in [-0.2, 0) is 21.7 Å². The molecular formula is C17H15Ti-. The maximum absolute atomic E-state index is 2.30. The van der Waals surface area contributed by atoms with Gasteiger partial charge in [0, 0.05) is 21.7 Å². The topological polar surface area (TPSA) is 0 Å². The van der Waals surface area contributed by atoms with Gasteiger partial charge in [0.25, 0.3) is 0 Å². The Balaban J connectivity index is 0.00000120. The first-order chi connectivity index (χ1) is 8.25. The normalized spacial score (nSPS) is 10.3. The summed E-state index contributed by atoms with van der Waals surface area (Å²) >= 11 is 0. The molecule has 3 aromatic carbocycles. The van der Waals surface area contributed by atoms with Crippen molar-refractivity contribution in [2.45, 2.75) is 13.8 Å². The van der Waals surface area contributed by atoms with Crippen LogP contribution < -0.4 is 0 Å². The Morgan fingerprint density at radius 1 is 0.833 bits per heavy atom. The van der Waals surface area contributed by atoms with E-state index in [0.29, 0.717) is 0 Å². The summed E-state index contributed by atoms with van der Waals surface area (Å²) in [5.41, 5.74) is 5.32. The van der Waals surface area contributed by atoms with Crippen LogP contribution >= 0.6 is 0 Å². The van der Waals surface area contributed by atoms with Crippen LogP contribution in [0.15, 0.2) is 54.6 Å². The molecule has 0 saturated carbocycles. The molecule has 0 heterocycles. The summed E-state index contributed by atoms with van der Waals surface area (Å²) in [5, 5.41) is 2.76. The van der Waals surface area contributed by atoms with E-state index in [2.05, 4.69) is 68.4 Å². The minimum Gasteiger partial charge on any atom is -0.144 e. The van der Waals surface area contributed by atoms with Gasteiger partial charge in [-0.2, -0.15) is 0 Å². The molecule has 0 unspecified atom stereocenters. The maximum atomic E-state index is 2.30. The second kappa shape index (κ2) is 5.18. The van der Waals surface area contributed by atoms with Crippen molar-refractivity contribution in [3.8, 4) is 11.1 Å². The summed E-state index contributed by atoms with van der Waals surface area (Å²) in [6.07, 6.45) is 0. The van der Waals surface area contributed by atoms with Gasteiger partial charge >= 0.3 is 0 Å². The first-order valence-electron chi connectivity index (χ1n) is 5.98. The van der Waals surface area contributed by atoms with Crippen LogP contribution in [0.25, 0.3) is 21.9 Å². The monoisotopic (exact) mass is 267 g/mol. The van der Waals surface area contributed by atoms with Crippen LogP contribution in [0.1, 0.15) is 11.1 Å². The van der Waals surface area contributed by atoms with E-state index >= 15 is 0 Å². The minimum absolute atomic E-state index is 0. The van der Waals surface area contributed by atoms with Crippen LogP contribution in [0.3, 0.4) is 0 Å². The van der Waals surface area contributed by atoms with Crippen molar-refractivity contribution in [1.29, 1.82) is 0 Å². The number of hydrogen-bond acceptors (Lipinski definition) is 0. The molecule has 3 aromatic rings. The molecule has 0 aliphatic heterocycles. The van der Waals surface area contributed by atoms with Crippen molar-refractivity contribution in [3.63, 3.8) is 0 Å². The van der Waals surface area contributed by atoms with Gasteiger partial charge in [0.15, 0.2) is 0 Å². The van der Waals surface area contributed by atoms with Crippen molar-refractivity contribution in [1.82, 2.24) is 0 Å². The summed E-state index contributed by atoms with van der Waals surface area (Å²) in [7, 11) is 0. The zero-order valence-electron chi connectivity index (χ0n) is 10.7. The number of benzene rings is 2. The largest absolute Gasteiger partial charge is 0.144 e. The van der Waals surface area contributed by atoms with E-state index in [9.17, 15) is 0 Å². The average Bonchev–Trinajstić information content (AvgIpc) is 2.81. The Labute approximate surface area is 123 Å². The Morgan fingerprint density at radius 3 is 2.17 bits per heavy atom. The number of fused-ring (bicyclic) bond motifs is 1. The fraction of sp³-hybridized carbons (Fsp3) is 0.118. The molecule has 18 heavy (non-hydrogen) atoms. The van der Waals surface area contributed by atoms with Gasteiger partial charge in [-0.3, -0.25) is 0 Å². The Hall–Kier alpha value is -1.24. The summed E-state index contributed by atoms with van der Waals surface area (Å²) < 4.78 is 0. The molecule has 0 amide bonds. The standard InChI is InChI=1S/C17H15.Ti/c1-12-8-9-13(2)17-11-15(10-16(12)17)14-6-4-3-5-7-14;/h3-11H,1-2H3;/q-1;. The third-order valence-corrected chi connectivity index (χ3v) is 3.43. The third kappa shape index (κ3) is 2.19. The van der Waals surface area contributed by atoms with E-state index in [0.717, 1.165) is 0 Å². The van der Waals surface area contributed by atoms with E-state index < -0.39 is 0 Å². The van der Waals surface area contributed by atoms with Gasteiger partial charge in [-0.25, -0.2) is 0 Å². The van der Waals surface area contributed by atoms with E-state index in [1.807, 2.05) is 0 Å². The zero-order chi connectivity index (χ0) is 11.8. The van der Waals surface area contributed by atoms with Gasteiger partial charge in [-0.05, 0) is 6.92 Å². The second-order valence-corrected chi connectivity index (χ2v) is 4.64. The van der Waals surface area contributed by atoms with Crippen molar-refractivity contribution in [2.75, 3.05) is 0 Å². The molecule has 3 rings (SSSR count). The predicted molar refractivity (Wildman–Crippen MR) is 74.5 cm³/mol. The molecule has 0 N–H and O–H groups in total. The molecule has 0 atom stereocenters. The molecule has 0 aromatic heterocycles. The van der Waals surface area contributed by atoms with E-state index in [-0.39, 0.29) is 21.7 Å². The predicted octanol–water partition coefficient (Wildman–Crippen LogP) is 4.84. The molecule has 0 radical (unpaired) electrons. The molecule has 0 fully saturated rings. The third-order valence-electron chi connectivity index (χ3n) is 3.43. The van der Waals surface area contributed by atoms with Crippen molar-refractivity contribution in [2.24, 2.45) is 0 Å². The van der Waals surface area contributed by atoms with Crippen LogP contribution in [0, 0.1) is 13.8 Å². The molecule has 1 heteroatoms. The quantitative estimate of drug-likeness (QED) is 0.437. The van der Waals surface area contributed by atoms with Crippen LogP contribution in [0.2, 0.25) is 0 Å². The maximum Gasteiger partial charge on any atom is 0 e. The SMILES string of the molecule is Cc1ccc(C)c2[cH-]c(-c3ccccc3)cc12.[Ti]. The smallest absolute Gasteiger partial charge is 0 e. The molecule has 0 spiro atoms.